The molecule has 0 heterocycles. The molecule has 1 unspecified atom stereocenters. The zero-order valence-electron chi connectivity index (χ0n) is 17.2. The zero-order chi connectivity index (χ0) is 21.2. The molecule has 0 radical (unpaired) electrons. The topological polar surface area (TPSA) is 84.9 Å². The Morgan fingerprint density at radius 1 is 1.00 bits per heavy atom. The van der Waals surface area contributed by atoms with Crippen molar-refractivity contribution in [3.8, 4) is 5.75 Å². The van der Waals surface area contributed by atoms with Crippen LogP contribution in [0.5, 0.6) is 5.75 Å². The highest BCUT2D eigenvalue weighted by molar-refractivity contribution is 5.94. The molecule has 0 aliphatic rings. The number of hydrogen-bond donors (Lipinski definition) is 2. The molecule has 2 N–H and O–H groups in total. The summed E-state index contributed by atoms with van der Waals surface area (Å²) in [5, 5.41) is 12.0. The van der Waals surface area contributed by atoms with E-state index in [0.717, 1.165) is 23.3 Å². The normalized spacial score (nSPS) is 11.9. The molecule has 0 fully saturated rings. The lowest BCUT2D eigenvalue weighted by Gasteiger charge is -2.13. The van der Waals surface area contributed by atoms with E-state index in [4.69, 9.17) is 14.6 Å². The number of aliphatic carboxylic acids is 1. The highest BCUT2D eigenvalue weighted by atomic mass is 16.5. The van der Waals surface area contributed by atoms with Gasteiger partial charge in [-0.25, -0.2) is 4.79 Å². The molecule has 1 atom stereocenters. The van der Waals surface area contributed by atoms with Gasteiger partial charge in [-0.3, -0.25) is 4.79 Å². The molecular formula is C23H29NO5. The van der Waals surface area contributed by atoms with E-state index < -0.39 is 12.1 Å². The van der Waals surface area contributed by atoms with E-state index in [9.17, 15) is 9.59 Å². The summed E-state index contributed by atoms with van der Waals surface area (Å²) in [6.07, 6.45) is 0.205. The monoisotopic (exact) mass is 399 g/mol. The van der Waals surface area contributed by atoms with Crippen molar-refractivity contribution in [1.29, 1.82) is 0 Å². The minimum atomic E-state index is -0.958. The Hall–Kier alpha value is -2.86. The van der Waals surface area contributed by atoms with Crippen molar-refractivity contribution in [2.24, 2.45) is 0 Å². The van der Waals surface area contributed by atoms with Crippen molar-refractivity contribution in [3.63, 3.8) is 0 Å². The van der Waals surface area contributed by atoms with E-state index in [0.29, 0.717) is 25.2 Å². The van der Waals surface area contributed by atoms with Crippen LogP contribution in [0.25, 0.3) is 0 Å². The predicted octanol–water partition coefficient (Wildman–Crippen LogP) is 3.48. The van der Waals surface area contributed by atoms with Gasteiger partial charge in [0.05, 0.1) is 6.61 Å². The third-order valence-electron chi connectivity index (χ3n) is 4.28. The molecule has 156 valence electrons. The van der Waals surface area contributed by atoms with Crippen molar-refractivity contribution >= 4 is 11.9 Å². The number of carboxylic acid groups (broad SMARTS) is 1. The van der Waals surface area contributed by atoms with Crippen LogP contribution in [-0.2, 0) is 22.4 Å². The third kappa shape index (κ3) is 7.58. The highest BCUT2D eigenvalue weighted by Gasteiger charge is 2.17. The van der Waals surface area contributed by atoms with Gasteiger partial charge < -0.3 is 19.9 Å². The molecule has 0 aromatic heterocycles. The molecule has 6 nitrogen and oxygen atoms in total. The summed E-state index contributed by atoms with van der Waals surface area (Å²) in [6, 6.07) is 15.0. The molecular weight excluding hydrogens is 370 g/mol. The number of carbonyl (C=O) groups excluding carboxylic acids is 1. The van der Waals surface area contributed by atoms with Crippen LogP contribution in [0.3, 0.4) is 0 Å². The van der Waals surface area contributed by atoms with E-state index in [1.165, 1.54) is 0 Å². The first-order chi connectivity index (χ1) is 13.9. The van der Waals surface area contributed by atoms with E-state index in [-0.39, 0.29) is 11.9 Å². The first-order valence-electron chi connectivity index (χ1n) is 9.85. The lowest BCUT2D eigenvalue weighted by Crippen LogP contribution is -2.29. The predicted molar refractivity (Wildman–Crippen MR) is 111 cm³/mol. The van der Waals surface area contributed by atoms with E-state index in [1.54, 1.807) is 6.92 Å². The van der Waals surface area contributed by atoms with Crippen molar-refractivity contribution in [2.75, 3.05) is 13.2 Å². The minimum Gasteiger partial charge on any atom is -0.493 e. The molecule has 6 heteroatoms. The number of benzene rings is 2. The number of hydrogen-bond acceptors (Lipinski definition) is 4. The van der Waals surface area contributed by atoms with Crippen LogP contribution in [-0.4, -0.2) is 42.3 Å². The van der Waals surface area contributed by atoms with Crippen LogP contribution in [0.4, 0.5) is 0 Å². The van der Waals surface area contributed by atoms with Crippen LogP contribution in [0.2, 0.25) is 0 Å². The van der Waals surface area contributed by atoms with E-state index in [2.05, 4.69) is 5.32 Å². The van der Waals surface area contributed by atoms with Gasteiger partial charge in [-0.1, -0.05) is 24.3 Å². The Kier molecular flexibility index (Phi) is 8.68. The molecule has 1 amide bonds. The fraction of sp³-hybridized carbons (Fsp3) is 0.391. The molecule has 0 aliphatic heterocycles. The maximum absolute atomic E-state index is 12.0. The second-order valence-electron chi connectivity index (χ2n) is 7.05. The largest absolute Gasteiger partial charge is 0.493 e. The summed E-state index contributed by atoms with van der Waals surface area (Å²) < 4.78 is 11.0. The zero-order valence-corrected chi connectivity index (χ0v) is 17.2. The summed E-state index contributed by atoms with van der Waals surface area (Å²) in [6.45, 7) is 6.51. The van der Waals surface area contributed by atoms with Gasteiger partial charge in [-0.15, -0.1) is 0 Å². The number of nitrogens with one attached hydrogen (secondary N) is 1. The molecule has 0 aliphatic carbocycles. The number of rotatable bonds is 11. The summed E-state index contributed by atoms with van der Waals surface area (Å²) in [7, 11) is 0. The van der Waals surface area contributed by atoms with Crippen LogP contribution in [0.1, 0.15) is 42.3 Å². The maximum Gasteiger partial charge on any atom is 0.333 e. The molecule has 2 rings (SSSR count). The second-order valence-corrected chi connectivity index (χ2v) is 7.05. The third-order valence-corrected chi connectivity index (χ3v) is 4.28. The molecule has 0 saturated carbocycles. The lowest BCUT2D eigenvalue weighted by molar-refractivity contribution is -0.149. The molecule has 0 bridgehead atoms. The van der Waals surface area contributed by atoms with Gasteiger partial charge in [0.15, 0.2) is 6.10 Å². The lowest BCUT2D eigenvalue weighted by atomic mass is 10.1. The summed E-state index contributed by atoms with van der Waals surface area (Å²) in [4.78, 5) is 23.1. The number of carboxylic acids is 1. The van der Waals surface area contributed by atoms with E-state index in [1.807, 2.05) is 62.4 Å². The quantitative estimate of drug-likeness (QED) is 0.604. The Balaban J connectivity index is 1.81. The average Bonchev–Trinajstić information content (AvgIpc) is 2.69. The number of amides is 1. The molecule has 2 aromatic rings. The van der Waals surface area contributed by atoms with Gasteiger partial charge in [0.2, 0.25) is 0 Å². The van der Waals surface area contributed by atoms with Crippen LogP contribution >= 0.6 is 0 Å². The standard InChI is InChI=1S/C23H29NO5/c1-4-28-21(23(26)27)15-18-7-11-20(12-8-18)29-14-13-17-5-9-19(10-6-17)22(25)24-16(2)3/h5-12,16,21H,4,13-15H2,1-3H3,(H,24,25)(H,26,27). The van der Waals surface area contributed by atoms with Crippen molar-refractivity contribution in [1.82, 2.24) is 5.32 Å². The summed E-state index contributed by atoms with van der Waals surface area (Å²) >= 11 is 0. The van der Waals surface area contributed by atoms with Gasteiger partial charge in [0.25, 0.3) is 5.91 Å². The van der Waals surface area contributed by atoms with Crippen LogP contribution in [0.15, 0.2) is 48.5 Å². The van der Waals surface area contributed by atoms with Crippen LogP contribution < -0.4 is 10.1 Å². The van der Waals surface area contributed by atoms with Gasteiger partial charge in [-0.2, -0.15) is 0 Å². The highest BCUT2D eigenvalue weighted by Crippen LogP contribution is 2.15. The first kappa shape index (κ1) is 22.4. The fourth-order valence-electron chi connectivity index (χ4n) is 2.81. The number of carbonyl (C=O) groups is 2. The summed E-state index contributed by atoms with van der Waals surface area (Å²) in [5.74, 6) is -0.304. The SMILES string of the molecule is CCOC(Cc1ccc(OCCc2ccc(C(=O)NC(C)C)cc2)cc1)C(=O)O. The fourth-order valence-corrected chi connectivity index (χ4v) is 2.81. The van der Waals surface area contributed by atoms with Gasteiger partial charge in [0, 0.05) is 31.1 Å². The van der Waals surface area contributed by atoms with Gasteiger partial charge in [-0.05, 0) is 56.2 Å². The Bertz CT molecular complexity index is 784. The van der Waals surface area contributed by atoms with Crippen LogP contribution in [0, 0.1) is 0 Å². The summed E-state index contributed by atoms with van der Waals surface area (Å²) in [5.41, 5.74) is 2.61. The van der Waals surface area contributed by atoms with Crippen molar-refractivity contribution in [3.05, 3.63) is 65.2 Å². The average molecular weight is 399 g/mol. The minimum absolute atomic E-state index is 0.0719. The molecule has 0 saturated heterocycles. The van der Waals surface area contributed by atoms with Crippen molar-refractivity contribution < 1.29 is 24.2 Å². The first-order valence-corrected chi connectivity index (χ1v) is 9.85. The Morgan fingerprint density at radius 3 is 2.17 bits per heavy atom. The van der Waals surface area contributed by atoms with E-state index >= 15 is 0 Å². The Morgan fingerprint density at radius 2 is 1.62 bits per heavy atom. The smallest absolute Gasteiger partial charge is 0.333 e. The van der Waals surface area contributed by atoms with Gasteiger partial charge >= 0.3 is 5.97 Å². The second kappa shape index (κ2) is 11.2. The Labute approximate surface area is 171 Å². The number of ether oxygens (including phenoxy) is 2. The van der Waals surface area contributed by atoms with Crippen molar-refractivity contribution in [2.45, 2.75) is 45.8 Å². The maximum atomic E-state index is 12.0. The molecule has 0 spiro atoms. The molecule has 2 aromatic carbocycles. The molecule has 29 heavy (non-hydrogen) atoms. The van der Waals surface area contributed by atoms with Gasteiger partial charge in [0.1, 0.15) is 5.75 Å².